The largest absolute Gasteiger partial charge is 0.383 e. The van der Waals surface area contributed by atoms with Crippen molar-refractivity contribution in [3.05, 3.63) is 28.3 Å². The monoisotopic (exact) mass is 253 g/mol. The SMILES string of the molecule is CCC(COC)Nc1cccc(NC)c1[N+](=O)[O-]. The molecule has 1 atom stereocenters. The molecule has 0 saturated heterocycles. The molecule has 100 valence electrons. The van der Waals surface area contributed by atoms with Gasteiger partial charge in [-0.25, -0.2) is 0 Å². The van der Waals surface area contributed by atoms with Gasteiger partial charge in [0.15, 0.2) is 0 Å². The minimum Gasteiger partial charge on any atom is -0.383 e. The first-order chi connectivity index (χ1) is 8.63. The average Bonchev–Trinajstić information content (AvgIpc) is 2.37. The van der Waals surface area contributed by atoms with Gasteiger partial charge in [-0.3, -0.25) is 10.1 Å². The third-order valence-electron chi connectivity index (χ3n) is 2.71. The van der Waals surface area contributed by atoms with Crippen LogP contribution in [0, 0.1) is 10.1 Å². The molecule has 0 radical (unpaired) electrons. The Bertz CT molecular complexity index is 410. The van der Waals surface area contributed by atoms with Crippen molar-refractivity contribution in [3.63, 3.8) is 0 Å². The van der Waals surface area contributed by atoms with Gasteiger partial charge in [0, 0.05) is 20.2 Å². The summed E-state index contributed by atoms with van der Waals surface area (Å²) in [4.78, 5) is 10.7. The van der Waals surface area contributed by atoms with E-state index in [2.05, 4.69) is 10.6 Å². The van der Waals surface area contributed by atoms with Gasteiger partial charge in [-0.1, -0.05) is 13.0 Å². The van der Waals surface area contributed by atoms with Gasteiger partial charge < -0.3 is 15.4 Å². The van der Waals surface area contributed by atoms with Crippen molar-refractivity contribution in [2.24, 2.45) is 0 Å². The van der Waals surface area contributed by atoms with Crippen LogP contribution in [-0.2, 0) is 4.74 Å². The molecule has 6 heteroatoms. The van der Waals surface area contributed by atoms with Crippen molar-refractivity contribution in [1.29, 1.82) is 0 Å². The summed E-state index contributed by atoms with van der Waals surface area (Å²) in [5.41, 5.74) is 1.07. The number of methoxy groups -OCH3 is 1. The predicted molar refractivity (Wildman–Crippen MR) is 72.2 cm³/mol. The quantitative estimate of drug-likeness (QED) is 0.576. The maximum Gasteiger partial charge on any atom is 0.315 e. The molecule has 0 heterocycles. The minimum atomic E-state index is -0.381. The second-order valence-electron chi connectivity index (χ2n) is 3.91. The molecule has 0 aliphatic heterocycles. The van der Waals surface area contributed by atoms with Crippen LogP contribution >= 0.6 is 0 Å². The summed E-state index contributed by atoms with van der Waals surface area (Å²) < 4.78 is 5.08. The van der Waals surface area contributed by atoms with Crippen molar-refractivity contribution < 1.29 is 9.66 Å². The molecule has 0 amide bonds. The molecule has 6 nitrogen and oxygen atoms in total. The number of para-hydroxylation sites is 1. The fourth-order valence-electron chi connectivity index (χ4n) is 1.74. The lowest BCUT2D eigenvalue weighted by Crippen LogP contribution is -2.24. The number of rotatable bonds is 7. The van der Waals surface area contributed by atoms with Crippen LogP contribution in [0.15, 0.2) is 18.2 Å². The standard InChI is InChI=1S/C12H19N3O3/c1-4-9(8-18-3)14-11-7-5-6-10(13-2)12(11)15(16)17/h5-7,9,13-14H,4,8H2,1-3H3. The molecular weight excluding hydrogens is 234 g/mol. The van der Waals surface area contributed by atoms with Crippen LogP contribution in [0.25, 0.3) is 0 Å². The second-order valence-corrected chi connectivity index (χ2v) is 3.91. The number of benzene rings is 1. The highest BCUT2D eigenvalue weighted by atomic mass is 16.6. The Hall–Kier alpha value is -1.82. The van der Waals surface area contributed by atoms with Crippen LogP contribution in [-0.4, -0.2) is 31.7 Å². The first-order valence-corrected chi connectivity index (χ1v) is 5.84. The number of nitrogens with one attached hydrogen (secondary N) is 2. The minimum absolute atomic E-state index is 0.0563. The maximum atomic E-state index is 11.1. The van der Waals surface area contributed by atoms with Crippen LogP contribution in [0.3, 0.4) is 0 Å². The van der Waals surface area contributed by atoms with E-state index < -0.39 is 0 Å². The third-order valence-corrected chi connectivity index (χ3v) is 2.71. The van der Waals surface area contributed by atoms with Gasteiger partial charge in [0.2, 0.25) is 0 Å². The van der Waals surface area contributed by atoms with Crippen LogP contribution in [0.5, 0.6) is 0 Å². The predicted octanol–water partition coefficient (Wildman–Crippen LogP) is 2.47. The highest BCUT2D eigenvalue weighted by Crippen LogP contribution is 2.33. The van der Waals surface area contributed by atoms with E-state index in [0.717, 1.165) is 6.42 Å². The van der Waals surface area contributed by atoms with E-state index in [1.807, 2.05) is 6.92 Å². The Morgan fingerprint density at radius 3 is 2.61 bits per heavy atom. The summed E-state index contributed by atoms with van der Waals surface area (Å²) in [5, 5.41) is 17.1. The number of nitro benzene ring substituents is 1. The number of hydrogen-bond donors (Lipinski definition) is 2. The number of nitro groups is 1. The van der Waals surface area contributed by atoms with Crippen LogP contribution in [0.1, 0.15) is 13.3 Å². The Morgan fingerprint density at radius 2 is 2.11 bits per heavy atom. The second kappa shape index (κ2) is 6.80. The molecule has 0 aromatic heterocycles. The summed E-state index contributed by atoms with van der Waals surface area (Å²) >= 11 is 0. The van der Waals surface area contributed by atoms with Gasteiger partial charge >= 0.3 is 5.69 Å². The zero-order valence-electron chi connectivity index (χ0n) is 10.9. The molecule has 0 aliphatic carbocycles. The number of hydrogen-bond acceptors (Lipinski definition) is 5. The molecule has 1 unspecified atom stereocenters. The average molecular weight is 253 g/mol. The van der Waals surface area contributed by atoms with Crippen LogP contribution < -0.4 is 10.6 Å². The highest BCUT2D eigenvalue weighted by Gasteiger charge is 2.20. The van der Waals surface area contributed by atoms with E-state index in [4.69, 9.17) is 4.74 Å². The van der Waals surface area contributed by atoms with E-state index in [9.17, 15) is 10.1 Å². The van der Waals surface area contributed by atoms with Crippen molar-refractivity contribution in [3.8, 4) is 0 Å². The fraction of sp³-hybridized carbons (Fsp3) is 0.500. The number of ether oxygens (including phenoxy) is 1. The molecule has 1 aromatic carbocycles. The summed E-state index contributed by atoms with van der Waals surface area (Å²) in [6, 6.07) is 5.22. The maximum absolute atomic E-state index is 11.1. The molecule has 0 aliphatic rings. The van der Waals surface area contributed by atoms with E-state index in [1.54, 1.807) is 32.4 Å². The van der Waals surface area contributed by atoms with Crippen molar-refractivity contribution in [2.75, 3.05) is 31.4 Å². The molecule has 0 saturated carbocycles. The lowest BCUT2D eigenvalue weighted by molar-refractivity contribution is -0.383. The zero-order valence-corrected chi connectivity index (χ0v) is 10.9. The number of anilines is 2. The Labute approximate surface area is 106 Å². The van der Waals surface area contributed by atoms with Gasteiger partial charge in [-0.05, 0) is 18.6 Å². The zero-order chi connectivity index (χ0) is 13.5. The van der Waals surface area contributed by atoms with E-state index >= 15 is 0 Å². The first kappa shape index (κ1) is 14.2. The van der Waals surface area contributed by atoms with Gasteiger partial charge in [-0.2, -0.15) is 0 Å². The lowest BCUT2D eigenvalue weighted by atomic mass is 10.2. The van der Waals surface area contributed by atoms with Crippen LogP contribution in [0.4, 0.5) is 17.1 Å². The molecule has 1 aromatic rings. The number of nitrogens with zero attached hydrogens (tertiary/aromatic N) is 1. The van der Waals surface area contributed by atoms with Crippen molar-refractivity contribution in [2.45, 2.75) is 19.4 Å². The van der Waals surface area contributed by atoms with Crippen molar-refractivity contribution >= 4 is 17.1 Å². The summed E-state index contributed by atoms with van der Waals surface area (Å²) in [7, 11) is 3.28. The van der Waals surface area contributed by atoms with E-state index in [1.165, 1.54) is 0 Å². The molecule has 0 fully saturated rings. The lowest BCUT2D eigenvalue weighted by Gasteiger charge is -2.18. The molecule has 1 rings (SSSR count). The van der Waals surface area contributed by atoms with Gasteiger partial charge in [0.1, 0.15) is 11.4 Å². The van der Waals surface area contributed by atoms with E-state index in [-0.39, 0.29) is 16.7 Å². The smallest absolute Gasteiger partial charge is 0.315 e. The first-order valence-electron chi connectivity index (χ1n) is 5.84. The van der Waals surface area contributed by atoms with E-state index in [0.29, 0.717) is 18.0 Å². The Morgan fingerprint density at radius 1 is 1.44 bits per heavy atom. The normalized spacial score (nSPS) is 11.9. The highest BCUT2D eigenvalue weighted by molar-refractivity contribution is 5.76. The van der Waals surface area contributed by atoms with Gasteiger partial charge in [0.25, 0.3) is 0 Å². The topological polar surface area (TPSA) is 76.4 Å². The molecular formula is C12H19N3O3. The summed E-state index contributed by atoms with van der Waals surface area (Å²) in [6.45, 7) is 2.52. The summed E-state index contributed by atoms with van der Waals surface area (Å²) in [5.74, 6) is 0. The fourth-order valence-corrected chi connectivity index (χ4v) is 1.74. The Balaban J connectivity index is 3.03. The molecule has 0 bridgehead atoms. The molecule has 18 heavy (non-hydrogen) atoms. The van der Waals surface area contributed by atoms with Gasteiger partial charge in [0.05, 0.1) is 11.5 Å². The van der Waals surface area contributed by atoms with Crippen LogP contribution in [0.2, 0.25) is 0 Å². The Kier molecular flexibility index (Phi) is 5.38. The van der Waals surface area contributed by atoms with Gasteiger partial charge in [-0.15, -0.1) is 0 Å². The molecule has 2 N–H and O–H groups in total. The summed E-state index contributed by atoms with van der Waals surface area (Å²) in [6.07, 6.45) is 0.828. The third kappa shape index (κ3) is 3.33. The molecule has 0 spiro atoms. The van der Waals surface area contributed by atoms with Crippen molar-refractivity contribution in [1.82, 2.24) is 0 Å².